The van der Waals surface area contributed by atoms with Crippen LogP contribution >= 0.6 is 11.6 Å². The van der Waals surface area contributed by atoms with Gasteiger partial charge in [-0.3, -0.25) is 0 Å². The summed E-state index contributed by atoms with van der Waals surface area (Å²) in [6.07, 6.45) is 4.39. The van der Waals surface area contributed by atoms with Gasteiger partial charge in [0.1, 0.15) is 11.4 Å². The van der Waals surface area contributed by atoms with Gasteiger partial charge >= 0.3 is 5.97 Å². The zero-order chi connectivity index (χ0) is 20.1. The fourth-order valence-corrected chi connectivity index (χ4v) is 4.91. The Morgan fingerprint density at radius 1 is 1.04 bits per heavy atom. The quantitative estimate of drug-likeness (QED) is 0.677. The van der Waals surface area contributed by atoms with E-state index in [1.54, 1.807) is 12.1 Å². The normalized spacial score (nSPS) is 18.8. The van der Waals surface area contributed by atoms with Crippen LogP contribution in [-0.2, 0) is 19.4 Å². The lowest BCUT2D eigenvalue weighted by Crippen LogP contribution is -2.27. The highest BCUT2D eigenvalue weighted by molar-refractivity contribution is 7.90. The van der Waals surface area contributed by atoms with Gasteiger partial charge in [-0.05, 0) is 61.1 Å². The van der Waals surface area contributed by atoms with Crippen molar-refractivity contribution in [3.05, 3.63) is 64.4 Å². The van der Waals surface area contributed by atoms with Gasteiger partial charge in [0.2, 0.25) is 0 Å². The second kappa shape index (κ2) is 6.71. The van der Waals surface area contributed by atoms with E-state index in [0.717, 1.165) is 30.2 Å². The van der Waals surface area contributed by atoms with Crippen molar-refractivity contribution in [1.29, 1.82) is 0 Å². The van der Waals surface area contributed by atoms with Crippen molar-refractivity contribution in [3.63, 3.8) is 0 Å². The Morgan fingerprint density at radius 2 is 1.64 bits per heavy atom. The summed E-state index contributed by atoms with van der Waals surface area (Å²) in [7, 11) is -3.33. The number of hydrogen-bond donors (Lipinski definition) is 0. The van der Waals surface area contributed by atoms with Gasteiger partial charge in [0.25, 0.3) is 0 Å². The number of esters is 1. The molecule has 1 aliphatic carbocycles. The molecule has 1 spiro atoms. The van der Waals surface area contributed by atoms with E-state index in [0.29, 0.717) is 24.0 Å². The molecule has 1 heterocycles. The van der Waals surface area contributed by atoms with Crippen molar-refractivity contribution in [3.8, 4) is 0 Å². The van der Waals surface area contributed by atoms with Crippen molar-refractivity contribution in [2.24, 2.45) is 0 Å². The predicted octanol–water partition coefficient (Wildman–Crippen LogP) is 4.66. The maximum atomic E-state index is 13.6. The molecule has 0 unspecified atom stereocenters. The number of hydrogen-bond acceptors (Lipinski definition) is 4. The number of carbonyl (C=O) groups is 1. The van der Waals surface area contributed by atoms with Crippen LogP contribution in [0.4, 0.5) is 4.39 Å². The molecule has 1 fully saturated rings. The molecular weight excluding hydrogens is 403 g/mol. The van der Waals surface area contributed by atoms with E-state index in [9.17, 15) is 17.6 Å². The molecule has 28 heavy (non-hydrogen) atoms. The van der Waals surface area contributed by atoms with Crippen LogP contribution < -0.4 is 0 Å². The highest BCUT2D eigenvalue weighted by Crippen LogP contribution is 2.52. The first-order valence-corrected chi connectivity index (χ1v) is 11.2. The summed E-state index contributed by atoms with van der Waals surface area (Å²) < 4.78 is 43.0. The molecule has 2 aromatic carbocycles. The zero-order valence-corrected chi connectivity index (χ0v) is 16.7. The molecule has 4 rings (SSSR count). The summed E-state index contributed by atoms with van der Waals surface area (Å²) in [5, 5.41) is -0.0723. The maximum absolute atomic E-state index is 13.6. The third-order valence-corrected chi connectivity index (χ3v) is 6.81. The van der Waals surface area contributed by atoms with Gasteiger partial charge in [0.05, 0.1) is 15.5 Å². The molecule has 0 aromatic heterocycles. The third kappa shape index (κ3) is 3.14. The van der Waals surface area contributed by atoms with Gasteiger partial charge < -0.3 is 4.74 Å². The molecule has 7 heteroatoms. The van der Waals surface area contributed by atoms with E-state index < -0.39 is 27.2 Å². The smallest absolute Gasteiger partial charge is 0.340 e. The minimum atomic E-state index is -3.33. The Hall–Kier alpha value is -2.18. The second-order valence-corrected chi connectivity index (χ2v) is 9.69. The molecule has 0 bridgehead atoms. The molecule has 4 nitrogen and oxygen atoms in total. The number of benzene rings is 2. The number of halogens is 2. The van der Waals surface area contributed by atoms with Crippen LogP contribution in [0.3, 0.4) is 0 Å². The fourth-order valence-electron chi connectivity index (χ4n) is 4.10. The summed E-state index contributed by atoms with van der Waals surface area (Å²) in [6.45, 7) is 0. The van der Waals surface area contributed by atoms with Crippen molar-refractivity contribution in [1.82, 2.24) is 0 Å². The molecular formula is C21H18ClFO4S. The van der Waals surface area contributed by atoms with E-state index in [1.807, 2.05) is 0 Å². The minimum Gasteiger partial charge on any atom is -0.451 e. The van der Waals surface area contributed by atoms with Crippen molar-refractivity contribution < 1.29 is 22.3 Å². The minimum absolute atomic E-state index is 0.0723. The molecule has 0 saturated heterocycles. The SMILES string of the molecule is CS(=O)(=O)c1ccc(C2=C(c3ccc(F)c(Cl)c3)C(=O)OC23CCCC3)cc1. The highest BCUT2D eigenvalue weighted by atomic mass is 35.5. The van der Waals surface area contributed by atoms with Crippen LogP contribution in [0.25, 0.3) is 11.1 Å². The molecule has 0 N–H and O–H groups in total. The van der Waals surface area contributed by atoms with Crippen LogP contribution in [-0.4, -0.2) is 26.2 Å². The molecule has 0 amide bonds. The Labute approximate surface area is 167 Å². The Bertz CT molecular complexity index is 1100. The first-order chi connectivity index (χ1) is 13.2. The third-order valence-electron chi connectivity index (χ3n) is 5.39. The van der Waals surface area contributed by atoms with E-state index in [2.05, 4.69) is 0 Å². The van der Waals surface area contributed by atoms with Gasteiger partial charge in [-0.25, -0.2) is 17.6 Å². The monoisotopic (exact) mass is 420 g/mol. The number of rotatable bonds is 3. The summed E-state index contributed by atoms with van der Waals surface area (Å²) >= 11 is 5.94. The van der Waals surface area contributed by atoms with Gasteiger partial charge in [0.15, 0.2) is 9.84 Å². The lowest BCUT2D eigenvalue weighted by molar-refractivity contribution is -0.143. The van der Waals surface area contributed by atoms with E-state index in [1.165, 1.54) is 30.3 Å². The van der Waals surface area contributed by atoms with Crippen LogP contribution in [0.1, 0.15) is 36.8 Å². The zero-order valence-electron chi connectivity index (χ0n) is 15.2. The summed E-state index contributed by atoms with van der Waals surface area (Å²) in [5.74, 6) is -1.03. The topological polar surface area (TPSA) is 60.4 Å². The molecule has 2 aliphatic rings. The first kappa shape index (κ1) is 19.2. The summed E-state index contributed by atoms with van der Waals surface area (Å²) in [5.41, 5.74) is 1.55. The first-order valence-electron chi connectivity index (χ1n) is 8.95. The van der Waals surface area contributed by atoms with Crippen LogP contribution in [0.5, 0.6) is 0 Å². The fraction of sp³-hybridized carbons (Fsp3) is 0.286. The average Bonchev–Trinajstić information content (AvgIpc) is 3.21. The molecule has 1 saturated carbocycles. The van der Waals surface area contributed by atoms with E-state index in [-0.39, 0.29) is 9.92 Å². The average molecular weight is 421 g/mol. The number of ether oxygens (including phenoxy) is 1. The van der Waals surface area contributed by atoms with E-state index >= 15 is 0 Å². The summed E-state index contributed by atoms with van der Waals surface area (Å²) in [4.78, 5) is 13.0. The van der Waals surface area contributed by atoms with Crippen LogP contribution in [0, 0.1) is 5.82 Å². The summed E-state index contributed by atoms with van der Waals surface area (Å²) in [6, 6.07) is 10.6. The number of sulfone groups is 1. The van der Waals surface area contributed by atoms with Crippen molar-refractivity contribution >= 4 is 38.6 Å². The van der Waals surface area contributed by atoms with Gasteiger partial charge in [0, 0.05) is 11.8 Å². The Balaban J connectivity index is 1.94. The van der Waals surface area contributed by atoms with Crippen LogP contribution in [0.2, 0.25) is 5.02 Å². The Kier molecular flexibility index (Phi) is 4.59. The maximum Gasteiger partial charge on any atom is 0.340 e. The van der Waals surface area contributed by atoms with Gasteiger partial charge in [-0.15, -0.1) is 0 Å². The Morgan fingerprint density at radius 3 is 2.21 bits per heavy atom. The number of carbonyl (C=O) groups excluding carboxylic acids is 1. The molecule has 2 aromatic rings. The predicted molar refractivity (Wildman–Crippen MR) is 105 cm³/mol. The largest absolute Gasteiger partial charge is 0.451 e. The van der Waals surface area contributed by atoms with Crippen molar-refractivity contribution in [2.45, 2.75) is 36.2 Å². The second-order valence-electron chi connectivity index (χ2n) is 7.27. The molecule has 1 aliphatic heterocycles. The molecule has 146 valence electrons. The van der Waals surface area contributed by atoms with Gasteiger partial charge in [-0.1, -0.05) is 29.8 Å². The lowest BCUT2D eigenvalue weighted by atomic mass is 9.83. The standard InChI is InChI=1S/C21H18ClFO4S/c1-28(25,26)15-7-4-13(5-8-15)19-18(14-6-9-17(23)16(22)12-14)20(24)27-21(19)10-2-3-11-21/h4-9,12H,2-3,10-11H2,1H3. The van der Waals surface area contributed by atoms with E-state index in [4.69, 9.17) is 16.3 Å². The van der Waals surface area contributed by atoms with Gasteiger partial charge in [-0.2, -0.15) is 0 Å². The molecule has 0 radical (unpaired) electrons. The van der Waals surface area contributed by atoms with Crippen LogP contribution in [0.15, 0.2) is 47.4 Å². The highest BCUT2D eigenvalue weighted by Gasteiger charge is 2.50. The lowest BCUT2D eigenvalue weighted by Gasteiger charge is -2.26. The molecule has 0 atom stereocenters. The van der Waals surface area contributed by atoms with Crippen molar-refractivity contribution in [2.75, 3.05) is 6.26 Å².